The predicted octanol–water partition coefficient (Wildman–Crippen LogP) is 2.25. The van der Waals surface area contributed by atoms with Gasteiger partial charge in [-0.05, 0) is 24.8 Å². The van der Waals surface area contributed by atoms with Crippen molar-refractivity contribution in [3.8, 4) is 0 Å². The molecule has 1 aromatic carbocycles. The highest BCUT2D eigenvalue weighted by Crippen LogP contribution is 2.18. The minimum absolute atomic E-state index is 0.329. The van der Waals surface area contributed by atoms with Crippen LogP contribution in [0.2, 0.25) is 0 Å². The Labute approximate surface area is 158 Å². The number of hydrogen-bond acceptors (Lipinski definition) is 4. The van der Waals surface area contributed by atoms with Crippen LogP contribution in [-0.4, -0.2) is 25.2 Å². The molecule has 0 bridgehead atoms. The van der Waals surface area contributed by atoms with Crippen molar-refractivity contribution in [3.63, 3.8) is 0 Å². The molecule has 0 spiro atoms. The molecule has 0 atom stereocenters. The largest absolute Gasteiger partial charge is 0.356 e. The Kier molecular flexibility index (Phi) is 5.21. The normalized spacial score (nSPS) is 11.5. The summed E-state index contributed by atoms with van der Waals surface area (Å²) in [5.41, 5.74) is 2.38. The number of nitrogens with zero attached hydrogens (tertiary/aromatic N) is 4. The van der Waals surface area contributed by atoms with Gasteiger partial charge in [-0.3, -0.25) is 18.5 Å². The topological polar surface area (TPSA) is 73.8 Å². The zero-order valence-electron chi connectivity index (χ0n) is 16.6. The fourth-order valence-corrected chi connectivity index (χ4v) is 3.20. The number of nitrogens with one attached hydrogen (secondary N) is 1. The van der Waals surface area contributed by atoms with Crippen molar-refractivity contribution < 1.29 is 0 Å². The van der Waals surface area contributed by atoms with Crippen LogP contribution in [0.25, 0.3) is 11.2 Å². The lowest BCUT2D eigenvalue weighted by Crippen LogP contribution is -2.37. The van der Waals surface area contributed by atoms with Crippen LogP contribution < -0.4 is 16.6 Å². The number of aromatic nitrogens is 4. The molecule has 0 saturated carbocycles. The Morgan fingerprint density at radius 3 is 2.56 bits per heavy atom. The average Bonchev–Trinajstić information content (AvgIpc) is 2.96. The summed E-state index contributed by atoms with van der Waals surface area (Å²) < 4.78 is 4.44. The van der Waals surface area contributed by atoms with Crippen molar-refractivity contribution in [2.24, 2.45) is 20.0 Å². The third-order valence-electron chi connectivity index (χ3n) is 4.78. The number of benzene rings is 1. The second-order valence-electron chi connectivity index (χ2n) is 7.50. The number of anilines is 1. The van der Waals surface area contributed by atoms with Crippen LogP contribution in [0.4, 0.5) is 5.95 Å². The fraction of sp³-hybridized carbons (Fsp3) is 0.450. The molecule has 0 radical (unpaired) electrons. The van der Waals surface area contributed by atoms with Gasteiger partial charge in [0.1, 0.15) is 0 Å². The Morgan fingerprint density at radius 2 is 1.89 bits per heavy atom. The maximum atomic E-state index is 12.8. The van der Waals surface area contributed by atoms with Crippen molar-refractivity contribution >= 4 is 17.1 Å². The van der Waals surface area contributed by atoms with Crippen LogP contribution >= 0.6 is 0 Å². The van der Waals surface area contributed by atoms with Gasteiger partial charge in [-0.1, -0.05) is 43.7 Å². The lowest BCUT2D eigenvalue weighted by molar-refractivity contribution is 0.604. The molecule has 7 heteroatoms. The van der Waals surface area contributed by atoms with Gasteiger partial charge in [0.05, 0.1) is 6.54 Å². The fourth-order valence-electron chi connectivity index (χ4n) is 3.20. The maximum absolute atomic E-state index is 12.8. The molecule has 27 heavy (non-hydrogen) atoms. The first-order valence-electron chi connectivity index (χ1n) is 9.25. The van der Waals surface area contributed by atoms with Gasteiger partial charge in [0, 0.05) is 20.6 Å². The summed E-state index contributed by atoms with van der Waals surface area (Å²) >= 11 is 0. The molecule has 2 heterocycles. The lowest BCUT2D eigenvalue weighted by atomic mass is 10.1. The molecule has 3 rings (SSSR count). The van der Waals surface area contributed by atoms with Crippen molar-refractivity contribution in [2.75, 3.05) is 11.9 Å². The molecular formula is C20H27N5O2. The molecule has 0 amide bonds. The smallest absolute Gasteiger partial charge is 0.332 e. The summed E-state index contributed by atoms with van der Waals surface area (Å²) in [6.45, 7) is 7.63. The van der Waals surface area contributed by atoms with Gasteiger partial charge in [0.25, 0.3) is 5.56 Å². The van der Waals surface area contributed by atoms with E-state index in [0.717, 1.165) is 28.7 Å². The van der Waals surface area contributed by atoms with E-state index in [4.69, 9.17) is 0 Å². The highest BCUT2D eigenvalue weighted by molar-refractivity contribution is 5.74. The van der Waals surface area contributed by atoms with Crippen molar-refractivity contribution in [2.45, 2.75) is 33.7 Å². The van der Waals surface area contributed by atoms with Crippen LogP contribution in [0.1, 0.15) is 31.4 Å². The molecule has 2 aromatic heterocycles. The summed E-state index contributed by atoms with van der Waals surface area (Å²) in [7, 11) is 3.14. The summed E-state index contributed by atoms with van der Waals surface area (Å²) in [4.78, 5) is 29.7. The average molecular weight is 369 g/mol. The van der Waals surface area contributed by atoms with Gasteiger partial charge >= 0.3 is 5.69 Å². The summed E-state index contributed by atoms with van der Waals surface area (Å²) in [6, 6.07) is 8.17. The monoisotopic (exact) mass is 369 g/mol. The Hall–Kier alpha value is -2.83. The van der Waals surface area contributed by atoms with E-state index in [2.05, 4.69) is 30.2 Å². The highest BCUT2D eigenvalue weighted by Gasteiger charge is 2.19. The second kappa shape index (κ2) is 7.42. The first kappa shape index (κ1) is 18.9. The van der Waals surface area contributed by atoms with Gasteiger partial charge in [0.2, 0.25) is 5.95 Å². The molecule has 3 aromatic rings. The minimum Gasteiger partial charge on any atom is -0.356 e. The minimum atomic E-state index is -0.374. The lowest BCUT2D eigenvalue weighted by Gasteiger charge is -2.12. The standard InChI is InChI=1S/C20H27N5O2/c1-13(2)9-10-21-19-22-17-16(18(26)24(5)20(27)23(17)4)25(19)12-15-8-6-7-14(3)11-15/h6-8,11,13H,9-10,12H2,1-5H3,(H,21,22). The summed E-state index contributed by atoms with van der Waals surface area (Å²) in [5.74, 6) is 1.18. The van der Waals surface area contributed by atoms with E-state index in [-0.39, 0.29) is 11.2 Å². The Morgan fingerprint density at radius 1 is 1.15 bits per heavy atom. The molecular weight excluding hydrogens is 342 g/mol. The van der Waals surface area contributed by atoms with E-state index in [0.29, 0.717) is 29.6 Å². The third kappa shape index (κ3) is 3.67. The van der Waals surface area contributed by atoms with Gasteiger partial charge in [0.15, 0.2) is 11.2 Å². The summed E-state index contributed by atoms with van der Waals surface area (Å²) in [5, 5.41) is 3.35. The second-order valence-corrected chi connectivity index (χ2v) is 7.50. The van der Waals surface area contributed by atoms with E-state index in [9.17, 15) is 9.59 Å². The molecule has 144 valence electrons. The van der Waals surface area contributed by atoms with Gasteiger partial charge in [-0.15, -0.1) is 0 Å². The molecule has 0 aliphatic rings. The molecule has 0 fully saturated rings. The predicted molar refractivity (Wildman–Crippen MR) is 108 cm³/mol. The first-order valence-corrected chi connectivity index (χ1v) is 9.25. The van der Waals surface area contributed by atoms with E-state index in [1.165, 1.54) is 11.6 Å². The van der Waals surface area contributed by atoms with Crippen LogP contribution in [-0.2, 0) is 20.6 Å². The number of hydrogen-bond donors (Lipinski definition) is 1. The van der Waals surface area contributed by atoms with Crippen molar-refractivity contribution in [1.29, 1.82) is 0 Å². The van der Waals surface area contributed by atoms with Crippen LogP contribution in [0, 0.1) is 12.8 Å². The van der Waals surface area contributed by atoms with Crippen LogP contribution in [0.3, 0.4) is 0 Å². The number of imidazole rings is 1. The zero-order chi connectivity index (χ0) is 19.7. The maximum Gasteiger partial charge on any atom is 0.332 e. The van der Waals surface area contributed by atoms with Crippen molar-refractivity contribution in [1.82, 2.24) is 18.7 Å². The van der Waals surface area contributed by atoms with Crippen LogP contribution in [0.5, 0.6) is 0 Å². The van der Waals surface area contributed by atoms with E-state index in [1.807, 2.05) is 29.7 Å². The first-order chi connectivity index (χ1) is 12.8. The quantitative estimate of drug-likeness (QED) is 0.723. The van der Waals surface area contributed by atoms with E-state index < -0.39 is 0 Å². The molecule has 1 N–H and O–H groups in total. The van der Waals surface area contributed by atoms with Gasteiger partial charge < -0.3 is 5.32 Å². The zero-order valence-corrected chi connectivity index (χ0v) is 16.6. The van der Waals surface area contributed by atoms with E-state index >= 15 is 0 Å². The molecule has 0 saturated heterocycles. The Bertz CT molecular complexity index is 1090. The van der Waals surface area contributed by atoms with Gasteiger partial charge in [-0.25, -0.2) is 4.79 Å². The highest BCUT2D eigenvalue weighted by atomic mass is 16.2. The number of fused-ring (bicyclic) bond motifs is 1. The SMILES string of the molecule is Cc1cccc(Cn2c(NCCC(C)C)nc3c2c(=O)n(C)c(=O)n3C)c1. The molecule has 7 nitrogen and oxygen atoms in total. The van der Waals surface area contributed by atoms with E-state index in [1.54, 1.807) is 7.05 Å². The molecule has 0 unspecified atom stereocenters. The summed E-state index contributed by atoms with van der Waals surface area (Å²) in [6.07, 6.45) is 0.991. The molecule has 0 aliphatic heterocycles. The molecule has 0 aliphatic carbocycles. The number of aryl methyl sites for hydroxylation is 2. The number of rotatable bonds is 6. The van der Waals surface area contributed by atoms with Crippen molar-refractivity contribution in [3.05, 3.63) is 56.2 Å². The van der Waals surface area contributed by atoms with Crippen LogP contribution in [0.15, 0.2) is 33.9 Å². The Balaban J connectivity index is 2.17. The third-order valence-corrected chi connectivity index (χ3v) is 4.78. The van der Waals surface area contributed by atoms with Gasteiger partial charge in [-0.2, -0.15) is 4.98 Å².